The molecule has 0 saturated carbocycles. The van der Waals surface area contributed by atoms with Gasteiger partial charge in [-0.1, -0.05) is 23.7 Å². The summed E-state index contributed by atoms with van der Waals surface area (Å²) in [6.07, 6.45) is 0. The highest BCUT2D eigenvalue weighted by molar-refractivity contribution is 6.30. The highest BCUT2D eigenvalue weighted by atomic mass is 35.5. The minimum absolute atomic E-state index is 0.244. The number of ether oxygens (including phenoxy) is 1. The zero-order valence-corrected chi connectivity index (χ0v) is 9.13. The molecule has 1 aromatic carbocycles. The van der Waals surface area contributed by atoms with Crippen LogP contribution in [0.25, 0.3) is 0 Å². The summed E-state index contributed by atoms with van der Waals surface area (Å²) in [4.78, 5) is 0. The number of hydrogen-bond donors (Lipinski definition) is 1. The van der Waals surface area contributed by atoms with Crippen LogP contribution < -0.4 is 5.73 Å². The SMILES string of the molecule is CCOCC(CN)c1cccc(Cl)c1. The molecule has 78 valence electrons. The lowest BCUT2D eigenvalue weighted by molar-refractivity contribution is 0.134. The van der Waals surface area contributed by atoms with Gasteiger partial charge in [0.25, 0.3) is 0 Å². The maximum atomic E-state index is 5.90. The van der Waals surface area contributed by atoms with Crippen LogP contribution in [-0.4, -0.2) is 19.8 Å². The van der Waals surface area contributed by atoms with Gasteiger partial charge in [-0.15, -0.1) is 0 Å². The fourth-order valence-corrected chi connectivity index (χ4v) is 1.52. The molecule has 3 heteroatoms. The summed E-state index contributed by atoms with van der Waals surface area (Å²) in [5.74, 6) is 0.244. The number of benzene rings is 1. The van der Waals surface area contributed by atoms with E-state index in [0.717, 1.165) is 17.2 Å². The maximum absolute atomic E-state index is 5.90. The molecule has 0 aliphatic rings. The second-order valence-electron chi connectivity index (χ2n) is 3.15. The predicted octanol–water partition coefficient (Wildman–Crippen LogP) is 2.42. The van der Waals surface area contributed by atoms with Gasteiger partial charge in [0.2, 0.25) is 0 Å². The first-order chi connectivity index (χ1) is 6.77. The average Bonchev–Trinajstić information content (AvgIpc) is 2.19. The zero-order chi connectivity index (χ0) is 10.4. The van der Waals surface area contributed by atoms with Crippen molar-refractivity contribution in [2.75, 3.05) is 19.8 Å². The molecule has 1 rings (SSSR count). The van der Waals surface area contributed by atoms with Crippen LogP contribution in [0.4, 0.5) is 0 Å². The van der Waals surface area contributed by atoms with Crippen LogP contribution in [-0.2, 0) is 4.74 Å². The molecule has 0 bridgehead atoms. The Hall–Kier alpha value is -0.570. The molecule has 1 atom stereocenters. The predicted molar refractivity (Wildman–Crippen MR) is 59.7 cm³/mol. The molecule has 2 nitrogen and oxygen atoms in total. The largest absolute Gasteiger partial charge is 0.381 e. The Labute approximate surface area is 90.0 Å². The summed E-state index contributed by atoms with van der Waals surface area (Å²) >= 11 is 5.90. The van der Waals surface area contributed by atoms with Gasteiger partial charge in [0, 0.05) is 24.1 Å². The molecule has 1 unspecified atom stereocenters. The smallest absolute Gasteiger partial charge is 0.0546 e. The second kappa shape index (κ2) is 6.02. The molecule has 0 amide bonds. The van der Waals surface area contributed by atoms with Crippen LogP contribution >= 0.6 is 11.6 Å². The van der Waals surface area contributed by atoms with Crippen LogP contribution in [0.1, 0.15) is 18.4 Å². The van der Waals surface area contributed by atoms with Gasteiger partial charge in [0.15, 0.2) is 0 Å². The Bertz CT molecular complexity index is 278. The van der Waals surface area contributed by atoms with Crippen molar-refractivity contribution < 1.29 is 4.74 Å². The van der Waals surface area contributed by atoms with E-state index in [1.165, 1.54) is 0 Å². The van der Waals surface area contributed by atoms with E-state index in [1.807, 2.05) is 31.2 Å². The number of hydrogen-bond acceptors (Lipinski definition) is 2. The van der Waals surface area contributed by atoms with Crippen molar-refractivity contribution in [1.29, 1.82) is 0 Å². The van der Waals surface area contributed by atoms with Gasteiger partial charge in [0.1, 0.15) is 0 Å². The zero-order valence-electron chi connectivity index (χ0n) is 8.37. The molecule has 0 aromatic heterocycles. The van der Waals surface area contributed by atoms with Crippen molar-refractivity contribution in [2.24, 2.45) is 5.73 Å². The molecular weight excluding hydrogens is 198 g/mol. The molecule has 0 saturated heterocycles. The van der Waals surface area contributed by atoms with Crippen molar-refractivity contribution in [1.82, 2.24) is 0 Å². The van der Waals surface area contributed by atoms with E-state index in [4.69, 9.17) is 22.1 Å². The minimum atomic E-state index is 0.244. The maximum Gasteiger partial charge on any atom is 0.0546 e. The first kappa shape index (κ1) is 11.5. The topological polar surface area (TPSA) is 35.2 Å². The molecule has 14 heavy (non-hydrogen) atoms. The van der Waals surface area contributed by atoms with E-state index in [9.17, 15) is 0 Å². The van der Waals surface area contributed by atoms with E-state index in [2.05, 4.69) is 0 Å². The van der Waals surface area contributed by atoms with E-state index in [1.54, 1.807) is 0 Å². The minimum Gasteiger partial charge on any atom is -0.381 e. The third kappa shape index (κ3) is 3.29. The Balaban J connectivity index is 2.68. The van der Waals surface area contributed by atoms with Gasteiger partial charge < -0.3 is 10.5 Å². The van der Waals surface area contributed by atoms with E-state index < -0.39 is 0 Å². The Morgan fingerprint density at radius 3 is 2.86 bits per heavy atom. The van der Waals surface area contributed by atoms with Crippen molar-refractivity contribution in [3.63, 3.8) is 0 Å². The fourth-order valence-electron chi connectivity index (χ4n) is 1.32. The number of halogens is 1. The normalized spacial score (nSPS) is 12.8. The molecule has 2 N–H and O–H groups in total. The fraction of sp³-hybridized carbons (Fsp3) is 0.455. The number of nitrogens with two attached hydrogens (primary N) is 1. The molecule has 0 aliphatic heterocycles. The summed E-state index contributed by atoms with van der Waals surface area (Å²) in [6.45, 7) is 3.94. The number of rotatable bonds is 5. The van der Waals surface area contributed by atoms with E-state index >= 15 is 0 Å². The highest BCUT2D eigenvalue weighted by Crippen LogP contribution is 2.19. The van der Waals surface area contributed by atoms with Gasteiger partial charge in [0.05, 0.1) is 6.61 Å². The van der Waals surface area contributed by atoms with Crippen molar-refractivity contribution in [2.45, 2.75) is 12.8 Å². The first-order valence-corrected chi connectivity index (χ1v) is 5.19. The summed E-state index contributed by atoms with van der Waals surface area (Å²) in [6, 6.07) is 7.77. The average molecular weight is 214 g/mol. The van der Waals surface area contributed by atoms with Crippen molar-refractivity contribution >= 4 is 11.6 Å². The van der Waals surface area contributed by atoms with Gasteiger partial charge >= 0.3 is 0 Å². The standard InChI is InChI=1S/C11H16ClNO/c1-2-14-8-10(7-13)9-4-3-5-11(12)6-9/h3-6,10H,2,7-8,13H2,1H3. The lowest BCUT2D eigenvalue weighted by Crippen LogP contribution is -2.18. The summed E-state index contributed by atoms with van der Waals surface area (Å²) in [5, 5.41) is 0.748. The van der Waals surface area contributed by atoms with Gasteiger partial charge in [-0.05, 0) is 24.6 Å². The van der Waals surface area contributed by atoms with Crippen LogP contribution in [0.15, 0.2) is 24.3 Å². The Morgan fingerprint density at radius 2 is 2.29 bits per heavy atom. The van der Waals surface area contributed by atoms with Crippen LogP contribution in [0.2, 0.25) is 5.02 Å². The summed E-state index contributed by atoms with van der Waals surface area (Å²) in [5.41, 5.74) is 6.82. The first-order valence-electron chi connectivity index (χ1n) is 4.81. The van der Waals surface area contributed by atoms with Crippen LogP contribution in [0.3, 0.4) is 0 Å². The molecular formula is C11H16ClNO. The quantitative estimate of drug-likeness (QED) is 0.816. The Morgan fingerprint density at radius 1 is 1.50 bits per heavy atom. The summed E-state index contributed by atoms with van der Waals surface area (Å²) in [7, 11) is 0. The molecule has 0 radical (unpaired) electrons. The van der Waals surface area contributed by atoms with E-state index in [-0.39, 0.29) is 5.92 Å². The highest BCUT2D eigenvalue weighted by Gasteiger charge is 2.09. The molecule has 0 spiro atoms. The third-order valence-corrected chi connectivity index (χ3v) is 2.36. The van der Waals surface area contributed by atoms with Gasteiger partial charge in [-0.25, -0.2) is 0 Å². The Kier molecular flexibility index (Phi) is 4.94. The second-order valence-corrected chi connectivity index (χ2v) is 3.58. The third-order valence-electron chi connectivity index (χ3n) is 2.13. The lowest BCUT2D eigenvalue weighted by atomic mass is 10.0. The molecule has 0 aliphatic carbocycles. The monoisotopic (exact) mass is 213 g/mol. The van der Waals surface area contributed by atoms with Gasteiger partial charge in [-0.2, -0.15) is 0 Å². The van der Waals surface area contributed by atoms with Gasteiger partial charge in [-0.3, -0.25) is 0 Å². The molecule has 0 fully saturated rings. The molecule has 0 heterocycles. The lowest BCUT2D eigenvalue weighted by Gasteiger charge is -2.14. The van der Waals surface area contributed by atoms with Crippen molar-refractivity contribution in [3.8, 4) is 0 Å². The van der Waals surface area contributed by atoms with E-state index in [0.29, 0.717) is 13.2 Å². The van der Waals surface area contributed by atoms with Crippen molar-refractivity contribution in [3.05, 3.63) is 34.9 Å². The summed E-state index contributed by atoms with van der Waals surface area (Å²) < 4.78 is 5.36. The van der Waals surface area contributed by atoms with Crippen LogP contribution in [0.5, 0.6) is 0 Å². The van der Waals surface area contributed by atoms with Crippen LogP contribution in [0, 0.1) is 0 Å². The molecule has 1 aromatic rings.